The number of halogens is 2. The van der Waals surface area contributed by atoms with Gasteiger partial charge in [0.05, 0.1) is 0 Å². The summed E-state index contributed by atoms with van der Waals surface area (Å²) < 4.78 is 0.438. The van der Waals surface area contributed by atoms with Gasteiger partial charge in [-0.25, -0.2) is 0 Å². The lowest BCUT2D eigenvalue weighted by molar-refractivity contribution is 1.39. The van der Waals surface area contributed by atoms with Crippen molar-refractivity contribution in [3.63, 3.8) is 0 Å². The van der Waals surface area contributed by atoms with E-state index < -0.39 is 7.42 Å². The van der Waals surface area contributed by atoms with Crippen LogP contribution in [0.4, 0.5) is 0 Å². The van der Waals surface area contributed by atoms with Crippen molar-refractivity contribution in [2.45, 2.75) is 43.2 Å². The molecule has 0 atom stereocenters. The summed E-state index contributed by atoms with van der Waals surface area (Å²) in [6.07, 6.45) is 0. The number of hydrogen-bond donors (Lipinski definition) is 0. The molecule has 0 saturated heterocycles. The molecule has 0 aliphatic heterocycles. The van der Waals surface area contributed by atoms with Crippen molar-refractivity contribution in [1.82, 2.24) is 0 Å². The van der Waals surface area contributed by atoms with Crippen LogP contribution in [0.2, 0.25) is 43.2 Å². The molecule has 0 N–H and O–H groups in total. The minimum Gasteiger partial charge on any atom is -0.147 e. The summed E-state index contributed by atoms with van der Waals surface area (Å²) in [5.41, 5.74) is 0. The van der Waals surface area contributed by atoms with Crippen molar-refractivity contribution in [3.05, 3.63) is 0 Å². The average Bonchev–Trinajstić information content (AvgIpc) is 1.82. The first-order valence-corrected chi connectivity index (χ1v) is 15.4. The molecule has 0 aromatic heterocycles. The lowest BCUT2D eigenvalue weighted by Crippen LogP contribution is -2.53. The highest BCUT2D eigenvalue weighted by atomic mass is 35.7. The third-order valence-electron chi connectivity index (χ3n) is 2.53. The molecule has 0 heterocycles. The van der Waals surface area contributed by atoms with E-state index in [0.29, 0.717) is 3.91 Å². The zero-order valence-electron chi connectivity index (χ0n) is 9.26. The van der Waals surface area contributed by atoms with Gasteiger partial charge in [0.1, 0.15) is 0 Å². The molecular formula is C7H18Cl2Si4. The fourth-order valence-electron chi connectivity index (χ4n) is 2.07. The van der Waals surface area contributed by atoms with E-state index in [1.54, 1.807) is 0 Å². The Hall–Kier alpha value is 1.45. The predicted octanol–water partition coefficient (Wildman–Crippen LogP) is 3.57. The molecule has 0 unspecified atom stereocenters. The quantitative estimate of drug-likeness (QED) is 0.547. The molecule has 0 spiro atoms. The standard InChI is InChI=1S/C7H18Cl2Si4/c1-10(2)7(11(3)4,12(5)6)13(8)9/h1-6H3. The van der Waals surface area contributed by atoms with Crippen molar-refractivity contribution in [1.29, 1.82) is 0 Å². The predicted molar refractivity (Wildman–Crippen MR) is 72.6 cm³/mol. The van der Waals surface area contributed by atoms with Crippen LogP contribution in [0.3, 0.4) is 0 Å². The molecule has 0 aliphatic carbocycles. The van der Waals surface area contributed by atoms with Gasteiger partial charge in [0.25, 0.3) is 7.42 Å². The van der Waals surface area contributed by atoms with Gasteiger partial charge in [0.2, 0.25) is 0 Å². The van der Waals surface area contributed by atoms with E-state index >= 15 is 0 Å². The SMILES string of the molecule is C[Si](C)C([Si](C)C)([Si](C)C)[Si](Cl)Cl. The summed E-state index contributed by atoms with van der Waals surface area (Å²) in [7, 11) is -2.23. The van der Waals surface area contributed by atoms with Crippen molar-refractivity contribution >= 4 is 56.0 Å². The fraction of sp³-hybridized carbons (Fsp3) is 1.00. The van der Waals surface area contributed by atoms with Gasteiger partial charge in [0, 0.05) is 26.4 Å². The first-order valence-electron chi connectivity index (χ1n) is 4.38. The Morgan fingerprint density at radius 3 is 0.923 bits per heavy atom. The number of hydrogen-bond acceptors (Lipinski definition) is 0. The monoisotopic (exact) mass is 284 g/mol. The Labute approximate surface area is 98.9 Å². The minimum atomic E-state index is -1.15. The second kappa shape index (κ2) is 5.51. The summed E-state index contributed by atoms with van der Waals surface area (Å²) in [5.74, 6) is 0. The van der Waals surface area contributed by atoms with Gasteiger partial charge in [-0.2, -0.15) is 0 Å². The Morgan fingerprint density at radius 2 is 0.923 bits per heavy atom. The maximum absolute atomic E-state index is 6.33. The molecule has 0 fully saturated rings. The zero-order chi connectivity index (χ0) is 10.8. The van der Waals surface area contributed by atoms with Gasteiger partial charge in [0.15, 0.2) is 0 Å². The Bertz CT molecular complexity index is 121. The molecule has 0 aromatic carbocycles. The molecule has 76 valence electrons. The molecule has 0 rings (SSSR count). The van der Waals surface area contributed by atoms with Crippen molar-refractivity contribution in [2.24, 2.45) is 0 Å². The van der Waals surface area contributed by atoms with Gasteiger partial charge in [-0.1, -0.05) is 39.3 Å². The van der Waals surface area contributed by atoms with E-state index in [0.717, 1.165) is 0 Å². The molecule has 13 heavy (non-hydrogen) atoms. The first kappa shape index (κ1) is 14.4. The van der Waals surface area contributed by atoms with Crippen LogP contribution in [-0.4, -0.2) is 33.8 Å². The second-order valence-electron chi connectivity index (χ2n) is 4.01. The van der Waals surface area contributed by atoms with Crippen LogP contribution in [-0.2, 0) is 0 Å². The van der Waals surface area contributed by atoms with Gasteiger partial charge in [-0.3, -0.25) is 0 Å². The maximum Gasteiger partial charge on any atom is 0.271 e. The smallest absolute Gasteiger partial charge is 0.147 e. The number of rotatable bonds is 4. The van der Waals surface area contributed by atoms with Crippen LogP contribution >= 0.6 is 22.2 Å². The minimum absolute atomic E-state index is 0.359. The summed E-state index contributed by atoms with van der Waals surface area (Å²) in [5, 5.41) is 0. The van der Waals surface area contributed by atoms with E-state index in [4.69, 9.17) is 22.2 Å². The molecule has 0 bridgehead atoms. The third kappa shape index (κ3) is 2.72. The van der Waals surface area contributed by atoms with Crippen LogP contribution in [0.15, 0.2) is 0 Å². The van der Waals surface area contributed by atoms with Gasteiger partial charge >= 0.3 is 0 Å². The molecular weight excluding hydrogens is 267 g/mol. The Balaban J connectivity index is 5.06. The molecule has 0 aliphatic rings. The Kier molecular flexibility index (Phi) is 6.12. The van der Waals surface area contributed by atoms with Crippen LogP contribution in [0.5, 0.6) is 0 Å². The third-order valence-corrected chi connectivity index (χ3v) is 27.9. The maximum atomic E-state index is 6.33. The summed E-state index contributed by atoms with van der Waals surface area (Å²) in [6, 6.07) is 0. The zero-order valence-corrected chi connectivity index (χ0v) is 14.8. The van der Waals surface area contributed by atoms with Gasteiger partial charge in [-0.05, 0) is 3.91 Å². The van der Waals surface area contributed by atoms with E-state index in [-0.39, 0.29) is 26.4 Å². The largest absolute Gasteiger partial charge is 0.271 e. The van der Waals surface area contributed by atoms with Gasteiger partial charge < -0.3 is 0 Å². The van der Waals surface area contributed by atoms with E-state index in [1.165, 1.54) is 0 Å². The molecule has 0 nitrogen and oxygen atoms in total. The molecule has 4 radical (unpaired) electrons. The fourth-order valence-corrected chi connectivity index (χ4v) is 28.8. The van der Waals surface area contributed by atoms with Crippen LogP contribution in [0.25, 0.3) is 0 Å². The first-order chi connectivity index (χ1) is 5.77. The van der Waals surface area contributed by atoms with Gasteiger partial charge in [-0.15, -0.1) is 22.2 Å². The van der Waals surface area contributed by atoms with Crippen LogP contribution in [0.1, 0.15) is 0 Å². The van der Waals surface area contributed by atoms with E-state index in [1.807, 2.05) is 0 Å². The summed E-state index contributed by atoms with van der Waals surface area (Å²) >= 11 is 12.7. The van der Waals surface area contributed by atoms with Crippen molar-refractivity contribution < 1.29 is 0 Å². The topological polar surface area (TPSA) is 0 Å². The normalized spacial score (nSPS) is 13.8. The van der Waals surface area contributed by atoms with Crippen molar-refractivity contribution in [2.75, 3.05) is 0 Å². The highest BCUT2D eigenvalue weighted by Gasteiger charge is 2.49. The highest BCUT2D eigenvalue weighted by molar-refractivity contribution is 7.44. The lowest BCUT2D eigenvalue weighted by Gasteiger charge is -2.43. The second-order valence-corrected chi connectivity index (χ2v) is 19.4. The van der Waals surface area contributed by atoms with Crippen LogP contribution < -0.4 is 0 Å². The summed E-state index contributed by atoms with van der Waals surface area (Å²) in [4.78, 5) is 0. The average molecular weight is 285 g/mol. The molecule has 0 saturated carbocycles. The van der Waals surface area contributed by atoms with Crippen LogP contribution in [0, 0.1) is 0 Å². The Morgan fingerprint density at radius 1 is 0.692 bits per heavy atom. The lowest BCUT2D eigenvalue weighted by atomic mass is 11.7. The summed E-state index contributed by atoms with van der Waals surface area (Å²) in [6.45, 7) is 14.3. The van der Waals surface area contributed by atoms with E-state index in [9.17, 15) is 0 Å². The molecule has 0 aromatic rings. The highest BCUT2D eigenvalue weighted by Crippen LogP contribution is 2.42. The van der Waals surface area contributed by atoms with Crippen molar-refractivity contribution in [3.8, 4) is 0 Å². The molecule has 6 heteroatoms. The molecule has 0 amide bonds. The van der Waals surface area contributed by atoms with E-state index in [2.05, 4.69) is 39.3 Å².